The van der Waals surface area contributed by atoms with E-state index in [2.05, 4.69) is 34.1 Å². The number of aromatic nitrogens is 1. The van der Waals surface area contributed by atoms with E-state index in [4.69, 9.17) is 4.74 Å². The summed E-state index contributed by atoms with van der Waals surface area (Å²) in [4.78, 5) is 21.6. The van der Waals surface area contributed by atoms with Gasteiger partial charge in [0.2, 0.25) is 0 Å². The van der Waals surface area contributed by atoms with E-state index in [1.165, 1.54) is 24.9 Å². The summed E-state index contributed by atoms with van der Waals surface area (Å²) in [5.74, 6) is 0.700. The first kappa shape index (κ1) is 19.2. The second-order valence-corrected chi connectivity index (χ2v) is 7.63. The molecule has 2 aromatic carbocycles. The van der Waals surface area contributed by atoms with Crippen molar-refractivity contribution in [1.29, 1.82) is 0 Å². The molecular weight excluding hydrogens is 362 g/mol. The van der Waals surface area contributed by atoms with Gasteiger partial charge in [-0.3, -0.25) is 4.79 Å². The predicted molar refractivity (Wildman–Crippen MR) is 117 cm³/mol. The lowest BCUT2D eigenvalue weighted by Gasteiger charge is -2.29. The number of anilines is 1. The van der Waals surface area contributed by atoms with E-state index in [0.29, 0.717) is 12.2 Å². The Balaban J connectivity index is 1.44. The van der Waals surface area contributed by atoms with Crippen LogP contribution in [0.3, 0.4) is 0 Å². The van der Waals surface area contributed by atoms with Gasteiger partial charge in [0.25, 0.3) is 5.91 Å². The number of rotatable bonds is 5. The second kappa shape index (κ2) is 8.52. The lowest BCUT2D eigenvalue weighted by Crippen LogP contribution is -2.29. The maximum Gasteiger partial charge on any atom is 0.272 e. The monoisotopic (exact) mass is 389 g/mol. The molecule has 5 nitrogen and oxygen atoms in total. The Morgan fingerprint density at radius 3 is 2.52 bits per heavy atom. The van der Waals surface area contributed by atoms with Crippen LogP contribution in [0.25, 0.3) is 10.9 Å². The molecule has 0 N–H and O–H groups in total. The zero-order valence-electron chi connectivity index (χ0n) is 17.1. The SMILES string of the molecule is COc1ccc2nc(C(=O)N(C)Cc3ccc(N4CCCCC4)cc3)ccc2c1. The highest BCUT2D eigenvalue weighted by Gasteiger charge is 2.15. The molecule has 4 rings (SSSR count). The number of hydrogen-bond acceptors (Lipinski definition) is 4. The first-order valence-electron chi connectivity index (χ1n) is 10.2. The van der Waals surface area contributed by atoms with Gasteiger partial charge < -0.3 is 14.5 Å². The van der Waals surface area contributed by atoms with Gasteiger partial charge in [-0.1, -0.05) is 18.2 Å². The third-order valence-electron chi connectivity index (χ3n) is 5.54. The van der Waals surface area contributed by atoms with Gasteiger partial charge in [-0.25, -0.2) is 4.98 Å². The zero-order valence-corrected chi connectivity index (χ0v) is 17.1. The van der Waals surface area contributed by atoms with Crippen LogP contribution in [0.2, 0.25) is 0 Å². The molecule has 3 aromatic rings. The molecule has 1 amide bonds. The van der Waals surface area contributed by atoms with Gasteiger partial charge >= 0.3 is 0 Å². The van der Waals surface area contributed by atoms with Crippen molar-refractivity contribution in [3.8, 4) is 5.75 Å². The van der Waals surface area contributed by atoms with Gasteiger partial charge in [-0.05, 0) is 61.2 Å². The van der Waals surface area contributed by atoms with Crippen molar-refractivity contribution in [1.82, 2.24) is 9.88 Å². The molecular formula is C24H27N3O2. The molecule has 0 bridgehead atoms. The van der Waals surface area contributed by atoms with Gasteiger partial charge in [0.15, 0.2) is 0 Å². The zero-order chi connectivity index (χ0) is 20.2. The normalized spacial score (nSPS) is 14.1. The van der Waals surface area contributed by atoms with E-state index < -0.39 is 0 Å². The average molecular weight is 389 g/mol. The molecule has 0 saturated carbocycles. The molecule has 0 unspecified atom stereocenters. The lowest BCUT2D eigenvalue weighted by atomic mass is 10.1. The van der Waals surface area contributed by atoms with Crippen molar-refractivity contribution in [2.75, 3.05) is 32.1 Å². The van der Waals surface area contributed by atoms with Crippen molar-refractivity contribution in [2.45, 2.75) is 25.8 Å². The van der Waals surface area contributed by atoms with Crippen LogP contribution in [0, 0.1) is 0 Å². The van der Waals surface area contributed by atoms with Gasteiger partial charge in [0.1, 0.15) is 11.4 Å². The third-order valence-corrected chi connectivity index (χ3v) is 5.54. The van der Waals surface area contributed by atoms with E-state index in [1.807, 2.05) is 31.3 Å². The Hall–Kier alpha value is -3.08. The van der Waals surface area contributed by atoms with Crippen LogP contribution in [-0.4, -0.2) is 43.0 Å². The number of carbonyl (C=O) groups excluding carboxylic acids is 1. The van der Waals surface area contributed by atoms with Crippen LogP contribution in [0.5, 0.6) is 5.75 Å². The number of nitrogens with zero attached hydrogens (tertiary/aromatic N) is 3. The number of carbonyl (C=O) groups is 1. The third kappa shape index (κ3) is 4.34. The van der Waals surface area contributed by atoms with Crippen molar-refractivity contribution >= 4 is 22.5 Å². The minimum atomic E-state index is -0.0807. The molecule has 1 aliphatic rings. The molecule has 0 atom stereocenters. The summed E-state index contributed by atoms with van der Waals surface area (Å²) in [5.41, 5.74) is 3.63. The highest BCUT2D eigenvalue weighted by atomic mass is 16.5. The Kier molecular flexibility index (Phi) is 5.65. The summed E-state index contributed by atoms with van der Waals surface area (Å²) < 4.78 is 5.25. The minimum absolute atomic E-state index is 0.0807. The van der Waals surface area contributed by atoms with E-state index >= 15 is 0 Å². The quantitative estimate of drug-likeness (QED) is 0.644. The Morgan fingerprint density at radius 1 is 1.03 bits per heavy atom. The topological polar surface area (TPSA) is 45.7 Å². The van der Waals surface area contributed by atoms with Crippen LogP contribution in [-0.2, 0) is 6.54 Å². The molecule has 0 spiro atoms. The predicted octanol–water partition coefficient (Wildman–Crippen LogP) is 4.51. The fraction of sp³-hybridized carbons (Fsp3) is 0.333. The van der Waals surface area contributed by atoms with Crippen molar-refractivity contribution in [3.63, 3.8) is 0 Å². The molecule has 0 aliphatic carbocycles. The maximum absolute atomic E-state index is 12.9. The smallest absolute Gasteiger partial charge is 0.272 e. The van der Waals surface area contributed by atoms with Crippen LogP contribution in [0.15, 0.2) is 54.6 Å². The largest absolute Gasteiger partial charge is 0.497 e. The van der Waals surface area contributed by atoms with E-state index in [0.717, 1.165) is 35.3 Å². The number of piperidine rings is 1. The Labute approximate surface area is 171 Å². The summed E-state index contributed by atoms with van der Waals surface area (Å²) in [6, 6.07) is 17.9. The number of pyridine rings is 1. The van der Waals surface area contributed by atoms with Crippen LogP contribution in [0.4, 0.5) is 5.69 Å². The standard InChI is InChI=1S/C24H27N3O2/c1-26(17-18-6-9-20(10-7-18)27-14-4-3-5-15-27)24(28)23-12-8-19-16-21(29-2)11-13-22(19)25-23/h6-13,16H,3-5,14-15,17H2,1-2H3. The minimum Gasteiger partial charge on any atom is -0.497 e. The fourth-order valence-electron chi connectivity index (χ4n) is 3.86. The Morgan fingerprint density at radius 2 is 1.79 bits per heavy atom. The number of benzene rings is 2. The van der Waals surface area contributed by atoms with Crippen LogP contribution < -0.4 is 9.64 Å². The summed E-state index contributed by atoms with van der Waals surface area (Å²) in [7, 11) is 3.46. The van der Waals surface area contributed by atoms with Crippen LogP contribution >= 0.6 is 0 Å². The molecule has 0 radical (unpaired) electrons. The van der Waals surface area contributed by atoms with Gasteiger partial charge in [0.05, 0.1) is 12.6 Å². The number of hydrogen-bond donors (Lipinski definition) is 0. The van der Waals surface area contributed by atoms with Crippen molar-refractivity contribution in [2.24, 2.45) is 0 Å². The molecule has 1 saturated heterocycles. The van der Waals surface area contributed by atoms with Gasteiger partial charge in [0, 0.05) is 37.8 Å². The number of methoxy groups -OCH3 is 1. The first-order chi connectivity index (χ1) is 14.1. The fourth-order valence-corrected chi connectivity index (χ4v) is 3.86. The highest BCUT2D eigenvalue weighted by Crippen LogP contribution is 2.22. The molecule has 5 heteroatoms. The summed E-state index contributed by atoms with van der Waals surface area (Å²) in [6.07, 6.45) is 3.87. The molecule has 2 heterocycles. The van der Waals surface area contributed by atoms with Crippen molar-refractivity contribution < 1.29 is 9.53 Å². The van der Waals surface area contributed by atoms with E-state index in [1.54, 1.807) is 18.1 Å². The number of ether oxygens (including phenoxy) is 1. The van der Waals surface area contributed by atoms with Gasteiger partial charge in [-0.15, -0.1) is 0 Å². The summed E-state index contributed by atoms with van der Waals surface area (Å²) >= 11 is 0. The molecule has 1 fully saturated rings. The average Bonchev–Trinajstić information content (AvgIpc) is 2.79. The molecule has 29 heavy (non-hydrogen) atoms. The number of fused-ring (bicyclic) bond motifs is 1. The molecule has 1 aliphatic heterocycles. The maximum atomic E-state index is 12.9. The molecule has 1 aromatic heterocycles. The Bertz CT molecular complexity index is 995. The summed E-state index contributed by atoms with van der Waals surface area (Å²) in [5, 5.41) is 0.955. The van der Waals surface area contributed by atoms with E-state index in [9.17, 15) is 4.79 Å². The van der Waals surface area contributed by atoms with Crippen molar-refractivity contribution in [3.05, 3.63) is 65.9 Å². The van der Waals surface area contributed by atoms with Crippen LogP contribution in [0.1, 0.15) is 35.3 Å². The van der Waals surface area contributed by atoms with Gasteiger partial charge in [-0.2, -0.15) is 0 Å². The first-order valence-corrected chi connectivity index (χ1v) is 10.2. The highest BCUT2D eigenvalue weighted by molar-refractivity contribution is 5.94. The second-order valence-electron chi connectivity index (χ2n) is 7.63. The number of amides is 1. The summed E-state index contributed by atoms with van der Waals surface area (Å²) in [6.45, 7) is 2.83. The molecule has 150 valence electrons. The lowest BCUT2D eigenvalue weighted by molar-refractivity contribution is 0.0779. The van der Waals surface area contributed by atoms with E-state index in [-0.39, 0.29) is 5.91 Å².